The molecule has 0 aliphatic carbocycles. The van der Waals surface area contributed by atoms with Crippen molar-refractivity contribution in [1.82, 2.24) is 20.5 Å². The lowest BCUT2D eigenvalue weighted by molar-refractivity contribution is 0.298. The predicted molar refractivity (Wildman–Crippen MR) is 131 cm³/mol. The SMILES string of the molecule is CCc1ccc(C(CNC(=NC)NCc2ncc(C(C)(C)C)o2)N(C)C)cc1.I. The molecule has 1 atom stereocenters. The summed E-state index contributed by atoms with van der Waals surface area (Å²) >= 11 is 0. The van der Waals surface area contributed by atoms with Gasteiger partial charge in [0, 0.05) is 19.0 Å². The molecule has 0 bridgehead atoms. The first kappa shape index (κ1) is 25.4. The Kier molecular flexibility index (Phi) is 10.1. The molecule has 0 radical (unpaired) electrons. The highest BCUT2D eigenvalue weighted by Crippen LogP contribution is 2.22. The van der Waals surface area contributed by atoms with E-state index in [0.717, 1.165) is 24.7 Å². The minimum absolute atomic E-state index is 0. The molecule has 2 rings (SSSR count). The van der Waals surface area contributed by atoms with E-state index in [0.29, 0.717) is 12.4 Å². The molecular weight excluding hydrogens is 477 g/mol. The molecule has 1 heterocycles. The number of halogens is 1. The third-order valence-electron chi connectivity index (χ3n) is 4.78. The highest BCUT2D eigenvalue weighted by atomic mass is 127. The molecule has 0 aliphatic heterocycles. The Morgan fingerprint density at radius 1 is 1.17 bits per heavy atom. The summed E-state index contributed by atoms with van der Waals surface area (Å²) in [7, 11) is 5.96. The van der Waals surface area contributed by atoms with Crippen LogP contribution in [-0.2, 0) is 18.4 Å². The maximum absolute atomic E-state index is 5.83. The zero-order chi connectivity index (χ0) is 20.7. The molecule has 2 aromatic rings. The van der Waals surface area contributed by atoms with Crippen LogP contribution in [0.5, 0.6) is 0 Å². The second kappa shape index (κ2) is 11.5. The molecule has 1 aromatic carbocycles. The average Bonchev–Trinajstić information content (AvgIpc) is 3.14. The molecule has 6 nitrogen and oxygen atoms in total. The van der Waals surface area contributed by atoms with Crippen LogP contribution in [0.15, 0.2) is 39.9 Å². The van der Waals surface area contributed by atoms with Crippen LogP contribution in [-0.4, -0.2) is 43.5 Å². The third-order valence-corrected chi connectivity index (χ3v) is 4.78. The molecular formula is C22H36IN5O. The standard InChI is InChI=1S/C22H35N5O.HI/c1-8-16-9-11-17(12-10-16)18(27(6)7)13-25-21(23-5)26-15-20-24-14-19(28-20)22(2,3)4;/h9-12,14,18H,8,13,15H2,1-7H3,(H2,23,25,26);1H. The number of nitrogens with zero attached hydrogens (tertiary/aromatic N) is 3. The van der Waals surface area contributed by atoms with Crippen molar-refractivity contribution >= 4 is 29.9 Å². The van der Waals surface area contributed by atoms with E-state index in [4.69, 9.17) is 4.42 Å². The fourth-order valence-corrected chi connectivity index (χ4v) is 2.89. The Hall–Kier alpha value is -1.61. The van der Waals surface area contributed by atoms with E-state index >= 15 is 0 Å². The van der Waals surface area contributed by atoms with E-state index in [1.54, 1.807) is 13.2 Å². The first-order valence-electron chi connectivity index (χ1n) is 9.89. The van der Waals surface area contributed by atoms with Crippen LogP contribution in [0.3, 0.4) is 0 Å². The van der Waals surface area contributed by atoms with Crippen LogP contribution in [0.2, 0.25) is 0 Å². The van der Waals surface area contributed by atoms with Gasteiger partial charge in [-0.15, -0.1) is 24.0 Å². The third kappa shape index (κ3) is 7.62. The normalized spacial score (nSPS) is 13.2. The summed E-state index contributed by atoms with van der Waals surface area (Å²) in [6, 6.07) is 9.08. The molecule has 2 N–H and O–H groups in total. The number of aliphatic imine (C=N–C) groups is 1. The molecule has 0 spiro atoms. The van der Waals surface area contributed by atoms with Crippen molar-refractivity contribution in [3.05, 3.63) is 53.2 Å². The number of nitrogens with one attached hydrogen (secondary N) is 2. The molecule has 1 unspecified atom stereocenters. The highest BCUT2D eigenvalue weighted by Gasteiger charge is 2.19. The summed E-state index contributed by atoms with van der Waals surface area (Å²) in [6.07, 6.45) is 2.86. The summed E-state index contributed by atoms with van der Waals surface area (Å²) in [5, 5.41) is 6.69. The van der Waals surface area contributed by atoms with Gasteiger partial charge >= 0.3 is 0 Å². The number of rotatable bonds is 7. The zero-order valence-electron chi connectivity index (χ0n) is 18.7. The lowest BCUT2D eigenvalue weighted by Gasteiger charge is -2.26. The monoisotopic (exact) mass is 513 g/mol. The number of hydrogen-bond acceptors (Lipinski definition) is 4. The van der Waals surface area contributed by atoms with Gasteiger partial charge in [-0.2, -0.15) is 0 Å². The van der Waals surface area contributed by atoms with Crippen LogP contribution in [0.25, 0.3) is 0 Å². The van der Waals surface area contributed by atoms with Crippen LogP contribution < -0.4 is 10.6 Å². The van der Waals surface area contributed by atoms with Crippen molar-refractivity contribution in [2.75, 3.05) is 27.7 Å². The van der Waals surface area contributed by atoms with Gasteiger partial charge in [-0.3, -0.25) is 4.99 Å². The molecule has 0 saturated carbocycles. The Morgan fingerprint density at radius 2 is 1.83 bits per heavy atom. The Balaban J connectivity index is 0.00000420. The molecule has 1 aromatic heterocycles. The molecule has 0 aliphatic rings. The van der Waals surface area contributed by atoms with Gasteiger partial charge in [0.1, 0.15) is 5.76 Å². The van der Waals surface area contributed by atoms with Gasteiger partial charge in [0.15, 0.2) is 5.96 Å². The summed E-state index contributed by atoms with van der Waals surface area (Å²) in [4.78, 5) is 10.9. The maximum Gasteiger partial charge on any atom is 0.213 e. The lowest BCUT2D eigenvalue weighted by atomic mass is 9.94. The number of likely N-dealkylation sites (N-methyl/N-ethyl adjacent to an activating group) is 1. The number of hydrogen-bond donors (Lipinski definition) is 2. The van der Waals surface area contributed by atoms with Crippen LogP contribution in [0, 0.1) is 0 Å². The van der Waals surface area contributed by atoms with Gasteiger partial charge in [-0.05, 0) is 31.6 Å². The van der Waals surface area contributed by atoms with Crippen LogP contribution in [0.1, 0.15) is 56.5 Å². The molecule has 7 heteroatoms. The topological polar surface area (TPSA) is 65.7 Å². The van der Waals surface area contributed by atoms with Crippen molar-refractivity contribution in [3.8, 4) is 0 Å². The van der Waals surface area contributed by atoms with Crippen molar-refractivity contribution < 1.29 is 4.42 Å². The zero-order valence-corrected chi connectivity index (χ0v) is 21.1. The van der Waals surface area contributed by atoms with Crippen molar-refractivity contribution in [3.63, 3.8) is 0 Å². The number of aryl methyl sites for hydroxylation is 1. The molecule has 29 heavy (non-hydrogen) atoms. The Morgan fingerprint density at radius 3 is 2.31 bits per heavy atom. The summed E-state index contributed by atoms with van der Waals surface area (Å²) < 4.78 is 5.83. The fourth-order valence-electron chi connectivity index (χ4n) is 2.89. The van der Waals surface area contributed by atoms with E-state index in [2.05, 4.69) is 91.6 Å². The fraction of sp³-hybridized carbons (Fsp3) is 0.545. The number of oxazole rings is 1. The quantitative estimate of drug-likeness (QED) is 0.331. The second-order valence-electron chi connectivity index (χ2n) is 8.25. The first-order valence-corrected chi connectivity index (χ1v) is 9.89. The van der Waals surface area contributed by atoms with E-state index in [-0.39, 0.29) is 35.4 Å². The first-order chi connectivity index (χ1) is 13.2. The van der Waals surface area contributed by atoms with Crippen molar-refractivity contribution in [2.24, 2.45) is 4.99 Å². The lowest BCUT2D eigenvalue weighted by Crippen LogP contribution is -2.41. The number of aromatic nitrogens is 1. The molecule has 0 saturated heterocycles. The largest absolute Gasteiger partial charge is 0.443 e. The van der Waals surface area contributed by atoms with E-state index in [9.17, 15) is 0 Å². The van der Waals surface area contributed by atoms with Gasteiger partial charge in [0.25, 0.3) is 0 Å². The van der Waals surface area contributed by atoms with Crippen LogP contribution in [0.4, 0.5) is 0 Å². The van der Waals surface area contributed by atoms with Gasteiger partial charge in [-0.1, -0.05) is 52.0 Å². The van der Waals surface area contributed by atoms with Crippen molar-refractivity contribution in [2.45, 2.75) is 52.1 Å². The summed E-state index contributed by atoms with van der Waals surface area (Å²) in [6.45, 7) is 9.75. The Bertz CT molecular complexity index is 762. The number of benzene rings is 1. The Labute approximate surface area is 192 Å². The molecule has 162 valence electrons. The smallest absolute Gasteiger partial charge is 0.213 e. The highest BCUT2D eigenvalue weighted by molar-refractivity contribution is 14.0. The number of guanidine groups is 1. The van der Waals surface area contributed by atoms with Gasteiger partial charge in [-0.25, -0.2) is 4.98 Å². The van der Waals surface area contributed by atoms with E-state index in [1.807, 2.05) is 0 Å². The van der Waals surface area contributed by atoms with Crippen LogP contribution >= 0.6 is 24.0 Å². The second-order valence-corrected chi connectivity index (χ2v) is 8.25. The van der Waals surface area contributed by atoms with Gasteiger partial charge in [0.05, 0.1) is 18.8 Å². The van der Waals surface area contributed by atoms with Gasteiger partial charge < -0.3 is 20.0 Å². The minimum atomic E-state index is -0.0442. The van der Waals surface area contributed by atoms with Crippen molar-refractivity contribution in [1.29, 1.82) is 0 Å². The summed E-state index contributed by atoms with van der Waals surface area (Å²) in [5.41, 5.74) is 2.59. The molecule has 0 fully saturated rings. The maximum atomic E-state index is 5.83. The molecule has 0 amide bonds. The van der Waals surface area contributed by atoms with E-state index in [1.165, 1.54) is 11.1 Å². The van der Waals surface area contributed by atoms with E-state index < -0.39 is 0 Å². The predicted octanol–water partition coefficient (Wildman–Crippen LogP) is 4.12. The minimum Gasteiger partial charge on any atom is -0.443 e. The average molecular weight is 513 g/mol. The van der Waals surface area contributed by atoms with Gasteiger partial charge in [0.2, 0.25) is 5.89 Å². The summed E-state index contributed by atoms with van der Waals surface area (Å²) in [5.74, 6) is 2.27.